The summed E-state index contributed by atoms with van der Waals surface area (Å²) in [5.41, 5.74) is 0.843. The maximum absolute atomic E-state index is 12.1. The largest absolute Gasteiger partial charge is 0.460 e. The first-order valence-electron chi connectivity index (χ1n) is 9.76. The van der Waals surface area contributed by atoms with Crippen LogP contribution >= 0.6 is 0 Å². The maximum atomic E-state index is 12.1. The molecule has 1 aromatic carbocycles. The van der Waals surface area contributed by atoms with E-state index in [1.807, 2.05) is 0 Å². The third-order valence-corrected chi connectivity index (χ3v) is 4.18. The highest BCUT2D eigenvalue weighted by Gasteiger charge is 2.13. The number of unbranched alkanes of at least 4 members (excludes halogenated alkanes) is 4. The molecule has 6 nitrogen and oxygen atoms in total. The Morgan fingerprint density at radius 2 is 1.82 bits per heavy atom. The van der Waals surface area contributed by atoms with Gasteiger partial charge in [-0.2, -0.15) is 0 Å². The van der Waals surface area contributed by atoms with E-state index in [0.29, 0.717) is 17.7 Å². The van der Waals surface area contributed by atoms with Crippen LogP contribution in [-0.2, 0) is 9.53 Å². The second-order valence-electron chi connectivity index (χ2n) is 6.54. The van der Waals surface area contributed by atoms with Gasteiger partial charge in [0, 0.05) is 29.8 Å². The van der Waals surface area contributed by atoms with Gasteiger partial charge in [-0.15, -0.1) is 0 Å². The summed E-state index contributed by atoms with van der Waals surface area (Å²) in [5, 5.41) is 2.86. The Balaban J connectivity index is 2.07. The Hall–Kier alpha value is -2.89. The molecule has 1 aromatic heterocycles. The number of esters is 1. The van der Waals surface area contributed by atoms with Gasteiger partial charge < -0.3 is 14.5 Å². The number of hydrogen-bond acceptors (Lipinski definition) is 5. The molecule has 6 heteroatoms. The number of amides is 1. The molecule has 0 bridgehead atoms. The summed E-state index contributed by atoms with van der Waals surface area (Å²) in [6.45, 7) is 4.02. The lowest BCUT2D eigenvalue weighted by atomic mass is 10.1. The first kappa shape index (κ1) is 21.4. The van der Waals surface area contributed by atoms with E-state index >= 15 is 0 Å². The number of ether oxygens (including phenoxy) is 1. The molecule has 0 saturated carbocycles. The van der Waals surface area contributed by atoms with Gasteiger partial charge in [0.25, 0.3) is 0 Å². The van der Waals surface area contributed by atoms with Crippen LogP contribution in [0.2, 0.25) is 0 Å². The molecule has 0 aliphatic rings. The molecule has 1 heterocycles. The Bertz CT molecular complexity index is 856. The fraction of sp³-hybridized carbons (Fsp3) is 0.409. The average molecular weight is 385 g/mol. The molecule has 2 rings (SSSR count). The van der Waals surface area contributed by atoms with Crippen LogP contribution in [0, 0.1) is 0 Å². The number of carbonyl (C=O) groups excluding carboxylic acids is 2. The summed E-state index contributed by atoms with van der Waals surface area (Å²) in [7, 11) is 0. The van der Waals surface area contributed by atoms with Crippen LogP contribution in [0.1, 0.15) is 62.9 Å². The van der Waals surface area contributed by atoms with Crippen LogP contribution in [0.15, 0.2) is 45.6 Å². The van der Waals surface area contributed by atoms with Crippen LogP contribution in [0.25, 0.3) is 11.3 Å². The zero-order valence-corrected chi connectivity index (χ0v) is 16.5. The molecule has 0 unspecified atom stereocenters. The normalized spacial score (nSPS) is 10.5. The van der Waals surface area contributed by atoms with Crippen molar-refractivity contribution in [1.29, 1.82) is 0 Å². The van der Waals surface area contributed by atoms with Crippen molar-refractivity contribution in [3.05, 3.63) is 52.4 Å². The van der Waals surface area contributed by atoms with Gasteiger partial charge >= 0.3 is 5.97 Å². The lowest BCUT2D eigenvalue weighted by molar-refractivity contribution is -0.116. The monoisotopic (exact) mass is 385 g/mol. The van der Waals surface area contributed by atoms with Gasteiger partial charge in [-0.05, 0) is 25.5 Å². The highest BCUT2D eigenvalue weighted by atomic mass is 16.5. The van der Waals surface area contributed by atoms with Crippen molar-refractivity contribution in [2.75, 3.05) is 11.9 Å². The first-order valence-corrected chi connectivity index (χ1v) is 9.76. The maximum Gasteiger partial charge on any atom is 0.374 e. The molecule has 0 radical (unpaired) electrons. The molecule has 28 heavy (non-hydrogen) atoms. The third kappa shape index (κ3) is 6.68. The molecule has 2 aromatic rings. The third-order valence-electron chi connectivity index (χ3n) is 4.18. The van der Waals surface area contributed by atoms with Gasteiger partial charge in [-0.3, -0.25) is 9.59 Å². The molecule has 0 aliphatic heterocycles. The molecule has 0 saturated heterocycles. The van der Waals surface area contributed by atoms with Gasteiger partial charge in [0.2, 0.25) is 11.7 Å². The van der Waals surface area contributed by atoms with E-state index in [1.165, 1.54) is 18.9 Å². The summed E-state index contributed by atoms with van der Waals surface area (Å²) >= 11 is 0. The van der Waals surface area contributed by atoms with Gasteiger partial charge in [0.1, 0.15) is 5.76 Å². The van der Waals surface area contributed by atoms with Crippen molar-refractivity contribution in [2.24, 2.45) is 0 Å². The SMILES string of the molecule is CCCCCCCC(=O)Nc1cccc(-c2cc(=O)cc(C(=O)OCC)o2)c1. The second-order valence-corrected chi connectivity index (χ2v) is 6.54. The van der Waals surface area contributed by atoms with E-state index in [0.717, 1.165) is 25.3 Å². The van der Waals surface area contributed by atoms with Crippen molar-refractivity contribution in [2.45, 2.75) is 52.4 Å². The summed E-state index contributed by atoms with van der Waals surface area (Å²) in [4.78, 5) is 35.9. The lowest BCUT2D eigenvalue weighted by Gasteiger charge is -2.08. The summed E-state index contributed by atoms with van der Waals surface area (Å²) in [5.74, 6) is -0.638. The minimum atomic E-state index is -0.686. The Labute approximate surface area is 164 Å². The van der Waals surface area contributed by atoms with E-state index in [9.17, 15) is 14.4 Å². The minimum Gasteiger partial charge on any atom is -0.460 e. The van der Waals surface area contributed by atoms with Gasteiger partial charge in [-0.25, -0.2) is 4.79 Å². The summed E-state index contributed by atoms with van der Waals surface area (Å²) in [6, 6.07) is 9.38. The van der Waals surface area contributed by atoms with Crippen molar-refractivity contribution in [3.8, 4) is 11.3 Å². The average Bonchev–Trinajstić information content (AvgIpc) is 2.68. The predicted molar refractivity (Wildman–Crippen MR) is 108 cm³/mol. The van der Waals surface area contributed by atoms with E-state index in [-0.39, 0.29) is 29.5 Å². The van der Waals surface area contributed by atoms with Crippen molar-refractivity contribution in [1.82, 2.24) is 0 Å². The second kappa shape index (κ2) is 11.1. The van der Waals surface area contributed by atoms with Gasteiger partial charge in [0.15, 0.2) is 5.43 Å². The van der Waals surface area contributed by atoms with Crippen LogP contribution in [0.3, 0.4) is 0 Å². The number of anilines is 1. The molecular weight excluding hydrogens is 358 g/mol. The topological polar surface area (TPSA) is 85.6 Å². The van der Waals surface area contributed by atoms with Crippen LogP contribution in [0.4, 0.5) is 5.69 Å². The predicted octanol–water partition coefficient (Wildman–Crippen LogP) is 4.78. The summed E-state index contributed by atoms with van der Waals surface area (Å²) in [6.07, 6.45) is 5.90. The molecular formula is C22H27NO5. The Morgan fingerprint density at radius 3 is 2.57 bits per heavy atom. The molecule has 0 atom stereocenters. The van der Waals surface area contributed by atoms with Gasteiger partial charge in [-0.1, -0.05) is 44.7 Å². The van der Waals surface area contributed by atoms with E-state index in [4.69, 9.17) is 9.15 Å². The Kier molecular flexibility index (Phi) is 8.46. The number of rotatable bonds is 10. The fourth-order valence-electron chi connectivity index (χ4n) is 2.79. The number of benzene rings is 1. The molecule has 150 valence electrons. The molecule has 0 spiro atoms. The first-order chi connectivity index (χ1) is 13.5. The van der Waals surface area contributed by atoms with Gasteiger partial charge in [0.05, 0.1) is 6.61 Å². The quantitative estimate of drug-likeness (QED) is 0.470. The van der Waals surface area contributed by atoms with E-state index < -0.39 is 5.97 Å². The lowest BCUT2D eigenvalue weighted by Crippen LogP contribution is -2.11. The van der Waals surface area contributed by atoms with Crippen molar-refractivity contribution < 1.29 is 18.7 Å². The fourth-order valence-corrected chi connectivity index (χ4v) is 2.79. The van der Waals surface area contributed by atoms with E-state index in [2.05, 4.69) is 12.2 Å². The molecule has 1 amide bonds. The van der Waals surface area contributed by atoms with Crippen molar-refractivity contribution in [3.63, 3.8) is 0 Å². The smallest absolute Gasteiger partial charge is 0.374 e. The summed E-state index contributed by atoms with van der Waals surface area (Å²) < 4.78 is 10.4. The molecule has 0 aliphatic carbocycles. The van der Waals surface area contributed by atoms with E-state index in [1.54, 1.807) is 31.2 Å². The number of hydrogen-bond donors (Lipinski definition) is 1. The van der Waals surface area contributed by atoms with Crippen molar-refractivity contribution >= 4 is 17.6 Å². The zero-order chi connectivity index (χ0) is 20.4. The molecule has 1 N–H and O–H groups in total. The minimum absolute atomic E-state index is 0.0459. The van der Waals surface area contributed by atoms with Crippen LogP contribution in [-0.4, -0.2) is 18.5 Å². The highest BCUT2D eigenvalue weighted by Crippen LogP contribution is 2.23. The standard InChI is InChI=1S/C22H27NO5/c1-3-5-6-7-8-12-21(25)23-17-11-9-10-16(13-17)19-14-18(24)15-20(28-19)22(26)27-4-2/h9-11,13-15H,3-8,12H2,1-2H3,(H,23,25). The highest BCUT2D eigenvalue weighted by molar-refractivity contribution is 5.91. The number of nitrogens with one attached hydrogen (secondary N) is 1. The van der Waals surface area contributed by atoms with Crippen LogP contribution < -0.4 is 10.7 Å². The Morgan fingerprint density at radius 1 is 1.04 bits per heavy atom. The molecule has 0 fully saturated rings. The number of carbonyl (C=O) groups is 2. The van der Waals surface area contributed by atoms with Crippen LogP contribution in [0.5, 0.6) is 0 Å². The zero-order valence-electron chi connectivity index (χ0n) is 16.5.